The Kier molecular flexibility index (Phi) is 3.85. The minimum atomic E-state index is 0.396. The van der Waals surface area contributed by atoms with Gasteiger partial charge < -0.3 is 4.84 Å². The first kappa shape index (κ1) is 11.9. The summed E-state index contributed by atoms with van der Waals surface area (Å²) in [6, 6.07) is 6.52. The van der Waals surface area contributed by atoms with Gasteiger partial charge in [-0.05, 0) is 42.0 Å². The lowest BCUT2D eigenvalue weighted by Gasteiger charge is -2.13. The molecule has 0 heterocycles. The minimum Gasteiger partial charge on any atom is -0.301 e. The highest BCUT2D eigenvalue weighted by molar-refractivity contribution is 6.30. The number of hydroxylamine groups is 1. The third kappa shape index (κ3) is 2.97. The second-order valence-electron chi connectivity index (χ2n) is 4.84. The summed E-state index contributed by atoms with van der Waals surface area (Å²) in [5.41, 5.74) is 5.87. The molecule has 1 N–H and O–H groups in total. The number of hydrogen-bond donors (Lipinski definition) is 1. The number of rotatable bonds is 4. The predicted molar refractivity (Wildman–Crippen MR) is 66.6 cm³/mol. The summed E-state index contributed by atoms with van der Waals surface area (Å²) in [4.78, 5) is 5.46. The van der Waals surface area contributed by atoms with Crippen LogP contribution < -0.4 is 5.48 Å². The summed E-state index contributed by atoms with van der Waals surface area (Å²) in [6.45, 7) is 5.04. The third-order valence-electron chi connectivity index (χ3n) is 2.77. The summed E-state index contributed by atoms with van der Waals surface area (Å²) in [5, 5.41) is 0.822. The number of nitrogens with one attached hydrogen (secondary N) is 1. The molecule has 0 aromatic heterocycles. The van der Waals surface area contributed by atoms with Crippen molar-refractivity contribution < 1.29 is 4.84 Å². The highest BCUT2D eigenvalue weighted by Crippen LogP contribution is 2.25. The van der Waals surface area contributed by atoms with Crippen LogP contribution in [0.15, 0.2) is 18.2 Å². The van der Waals surface area contributed by atoms with E-state index in [1.165, 1.54) is 11.1 Å². The van der Waals surface area contributed by atoms with Crippen LogP contribution in [0, 0.1) is 5.92 Å². The fourth-order valence-corrected chi connectivity index (χ4v) is 2.20. The van der Waals surface area contributed by atoms with Gasteiger partial charge in [-0.1, -0.05) is 31.5 Å². The Morgan fingerprint density at radius 1 is 1.38 bits per heavy atom. The Labute approximate surface area is 102 Å². The highest BCUT2D eigenvalue weighted by Gasteiger charge is 2.21. The van der Waals surface area contributed by atoms with Gasteiger partial charge in [-0.2, -0.15) is 5.48 Å². The SMILES string of the molecule is CC(C)CONC1Cc2ccc(Cl)cc2C1. The first-order valence-corrected chi connectivity index (χ1v) is 6.17. The molecule has 0 saturated heterocycles. The first-order valence-electron chi connectivity index (χ1n) is 5.80. The van der Waals surface area contributed by atoms with Crippen LogP contribution in [0.4, 0.5) is 0 Å². The molecule has 1 aromatic rings. The molecule has 0 amide bonds. The standard InChI is InChI=1S/C13H18ClNO/c1-9(2)8-16-15-13-6-10-3-4-12(14)5-11(10)7-13/h3-5,9,13,15H,6-8H2,1-2H3. The zero-order chi connectivity index (χ0) is 11.5. The van der Waals surface area contributed by atoms with Gasteiger partial charge >= 0.3 is 0 Å². The van der Waals surface area contributed by atoms with E-state index in [-0.39, 0.29) is 0 Å². The Bertz CT molecular complexity index is 365. The molecule has 1 aromatic carbocycles. The maximum atomic E-state index is 5.97. The molecule has 16 heavy (non-hydrogen) atoms. The van der Waals surface area contributed by atoms with Crippen LogP contribution in [0.25, 0.3) is 0 Å². The maximum absolute atomic E-state index is 5.97. The van der Waals surface area contributed by atoms with Crippen LogP contribution in [-0.2, 0) is 17.7 Å². The van der Waals surface area contributed by atoms with Crippen molar-refractivity contribution in [3.8, 4) is 0 Å². The van der Waals surface area contributed by atoms with Crippen molar-refractivity contribution in [3.63, 3.8) is 0 Å². The average molecular weight is 240 g/mol. The molecular formula is C13H18ClNO. The Balaban J connectivity index is 1.86. The first-order chi connectivity index (χ1) is 7.65. The van der Waals surface area contributed by atoms with Crippen molar-refractivity contribution in [2.45, 2.75) is 32.7 Å². The average Bonchev–Trinajstić information content (AvgIpc) is 2.58. The second kappa shape index (κ2) is 5.17. The minimum absolute atomic E-state index is 0.396. The molecule has 2 nitrogen and oxygen atoms in total. The topological polar surface area (TPSA) is 21.3 Å². The van der Waals surface area contributed by atoms with Crippen LogP contribution in [0.3, 0.4) is 0 Å². The van der Waals surface area contributed by atoms with E-state index >= 15 is 0 Å². The van der Waals surface area contributed by atoms with E-state index in [1.807, 2.05) is 6.07 Å². The molecule has 0 spiro atoms. The zero-order valence-electron chi connectivity index (χ0n) is 9.79. The Hall–Kier alpha value is -0.570. The smallest absolute Gasteiger partial charge is 0.0705 e. The third-order valence-corrected chi connectivity index (χ3v) is 3.00. The van der Waals surface area contributed by atoms with E-state index in [4.69, 9.17) is 16.4 Å². The number of halogens is 1. The van der Waals surface area contributed by atoms with Crippen molar-refractivity contribution in [1.29, 1.82) is 0 Å². The van der Waals surface area contributed by atoms with Crippen molar-refractivity contribution in [2.24, 2.45) is 5.92 Å². The zero-order valence-corrected chi connectivity index (χ0v) is 10.6. The van der Waals surface area contributed by atoms with Crippen molar-refractivity contribution in [1.82, 2.24) is 5.48 Å². The molecule has 0 aliphatic heterocycles. The van der Waals surface area contributed by atoms with E-state index < -0.39 is 0 Å². The monoisotopic (exact) mass is 239 g/mol. The summed E-state index contributed by atoms with van der Waals surface area (Å²) in [6.07, 6.45) is 2.04. The van der Waals surface area contributed by atoms with E-state index in [2.05, 4.69) is 31.5 Å². The summed E-state index contributed by atoms with van der Waals surface area (Å²) >= 11 is 5.97. The number of hydrogen-bond acceptors (Lipinski definition) is 2. The van der Waals surface area contributed by atoms with Gasteiger partial charge in [0.1, 0.15) is 0 Å². The van der Waals surface area contributed by atoms with Gasteiger partial charge in [0.15, 0.2) is 0 Å². The quantitative estimate of drug-likeness (QED) is 0.816. The molecule has 1 unspecified atom stereocenters. The molecule has 88 valence electrons. The molecule has 2 rings (SSSR count). The van der Waals surface area contributed by atoms with Gasteiger partial charge in [-0.15, -0.1) is 0 Å². The van der Waals surface area contributed by atoms with Gasteiger partial charge in [0.05, 0.1) is 6.61 Å². The van der Waals surface area contributed by atoms with Crippen molar-refractivity contribution in [2.75, 3.05) is 6.61 Å². The van der Waals surface area contributed by atoms with Crippen LogP contribution in [-0.4, -0.2) is 12.6 Å². The molecule has 0 fully saturated rings. The van der Waals surface area contributed by atoms with E-state index in [0.29, 0.717) is 12.0 Å². The van der Waals surface area contributed by atoms with E-state index in [9.17, 15) is 0 Å². The van der Waals surface area contributed by atoms with E-state index in [0.717, 1.165) is 24.5 Å². The molecule has 0 saturated carbocycles. The summed E-state index contributed by atoms with van der Waals surface area (Å²) in [5.74, 6) is 0.561. The Morgan fingerprint density at radius 2 is 2.12 bits per heavy atom. The van der Waals surface area contributed by atoms with Crippen LogP contribution in [0.1, 0.15) is 25.0 Å². The molecule has 1 aliphatic carbocycles. The predicted octanol–water partition coefficient (Wildman–Crippen LogP) is 2.98. The van der Waals surface area contributed by atoms with Crippen LogP contribution in [0.5, 0.6) is 0 Å². The summed E-state index contributed by atoms with van der Waals surface area (Å²) in [7, 11) is 0. The molecule has 1 aliphatic rings. The lowest BCUT2D eigenvalue weighted by molar-refractivity contribution is 0.00301. The number of fused-ring (bicyclic) bond motifs is 1. The van der Waals surface area contributed by atoms with Gasteiger partial charge in [0.2, 0.25) is 0 Å². The lowest BCUT2D eigenvalue weighted by atomic mass is 10.1. The van der Waals surface area contributed by atoms with Gasteiger partial charge in [0, 0.05) is 11.1 Å². The number of benzene rings is 1. The fraction of sp³-hybridized carbons (Fsp3) is 0.538. The second-order valence-corrected chi connectivity index (χ2v) is 5.28. The van der Waals surface area contributed by atoms with Crippen molar-refractivity contribution >= 4 is 11.6 Å². The molecule has 3 heteroatoms. The molecule has 1 atom stereocenters. The molecule has 0 bridgehead atoms. The fourth-order valence-electron chi connectivity index (χ4n) is 2.00. The lowest BCUT2D eigenvalue weighted by Crippen LogP contribution is -2.30. The van der Waals surface area contributed by atoms with Gasteiger partial charge in [-0.3, -0.25) is 0 Å². The largest absolute Gasteiger partial charge is 0.301 e. The van der Waals surface area contributed by atoms with E-state index in [1.54, 1.807) is 0 Å². The van der Waals surface area contributed by atoms with Crippen LogP contribution >= 0.6 is 11.6 Å². The van der Waals surface area contributed by atoms with Gasteiger partial charge in [0.25, 0.3) is 0 Å². The summed E-state index contributed by atoms with van der Waals surface area (Å²) < 4.78 is 0. The maximum Gasteiger partial charge on any atom is 0.0705 e. The van der Waals surface area contributed by atoms with Gasteiger partial charge in [-0.25, -0.2) is 0 Å². The molecule has 0 radical (unpaired) electrons. The Morgan fingerprint density at radius 3 is 2.88 bits per heavy atom. The van der Waals surface area contributed by atoms with Crippen LogP contribution in [0.2, 0.25) is 5.02 Å². The highest BCUT2D eigenvalue weighted by atomic mass is 35.5. The normalized spacial score (nSPS) is 19.1. The molecular weight excluding hydrogens is 222 g/mol. The van der Waals surface area contributed by atoms with Crippen molar-refractivity contribution in [3.05, 3.63) is 34.3 Å².